The van der Waals surface area contributed by atoms with Gasteiger partial charge in [-0.15, -0.1) is 0 Å². The second-order valence-corrected chi connectivity index (χ2v) is 8.92. The minimum absolute atomic E-state index is 0.259. The largest absolute Gasteiger partial charge is 0.319 e. The van der Waals surface area contributed by atoms with E-state index in [9.17, 15) is 26.7 Å². The number of carbonyl (C=O) groups excluding carboxylic acids is 1. The zero-order chi connectivity index (χ0) is 27.2. The normalized spacial score (nSPS) is 11.3. The van der Waals surface area contributed by atoms with Crippen molar-refractivity contribution in [3.05, 3.63) is 97.8 Å². The molecule has 0 spiro atoms. The maximum Gasteiger partial charge on any atom is 0.255 e. The Morgan fingerprint density at radius 1 is 0.784 bits per heavy atom. The molecule has 37 heavy (non-hydrogen) atoms. The van der Waals surface area contributed by atoms with E-state index in [1.165, 1.54) is 6.92 Å². The highest BCUT2D eigenvalue weighted by molar-refractivity contribution is 6.31. The van der Waals surface area contributed by atoms with Crippen LogP contribution in [0.2, 0.25) is 5.02 Å². The van der Waals surface area contributed by atoms with Gasteiger partial charge in [0, 0.05) is 5.56 Å². The summed E-state index contributed by atoms with van der Waals surface area (Å²) in [6, 6.07) is 6.79. The van der Waals surface area contributed by atoms with Crippen LogP contribution in [-0.2, 0) is 13.1 Å². The van der Waals surface area contributed by atoms with Gasteiger partial charge in [-0.25, -0.2) is 22.0 Å². The number of halogens is 6. The lowest BCUT2D eigenvalue weighted by Crippen LogP contribution is -2.15. The molecule has 0 atom stereocenters. The Kier molecular flexibility index (Phi) is 7.09. The standard InChI is InChI=1S/C25H21ClF5N5O/c1-11-18(26)13(3)35(33-11)9-15-5-7-16(8-6-15)25(37)32-24-12(2)34-36(14(24)4)10-17-19(27)21(29)23(31)22(30)20(17)28/h5-8H,9-10H2,1-4H3,(H,32,37). The van der Waals surface area contributed by atoms with Gasteiger partial charge in [-0.1, -0.05) is 23.7 Å². The van der Waals surface area contributed by atoms with Gasteiger partial charge in [-0.2, -0.15) is 10.2 Å². The topological polar surface area (TPSA) is 64.7 Å². The fourth-order valence-corrected chi connectivity index (χ4v) is 4.06. The molecule has 4 rings (SSSR count). The van der Waals surface area contributed by atoms with E-state index in [-0.39, 0.29) is 11.4 Å². The first-order valence-corrected chi connectivity index (χ1v) is 11.4. The van der Waals surface area contributed by atoms with Gasteiger partial charge < -0.3 is 5.32 Å². The number of carbonyl (C=O) groups is 1. The lowest BCUT2D eigenvalue weighted by molar-refractivity contribution is 0.102. The highest BCUT2D eigenvalue weighted by Gasteiger charge is 2.27. The number of nitrogens with one attached hydrogen (secondary N) is 1. The van der Waals surface area contributed by atoms with Crippen molar-refractivity contribution in [1.29, 1.82) is 0 Å². The van der Waals surface area contributed by atoms with Crippen molar-refractivity contribution in [3.63, 3.8) is 0 Å². The molecule has 1 N–H and O–H groups in total. The van der Waals surface area contributed by atoms with Crippen LogP contribution in [0, 0.1) is 56.8 Å². The Balaban J connectivity index is 1.52. The first-order valence-electron chi connectivity index (χ1n) is 11.0. The van der Waals surface area contributed by atoms with Crippen molar-refractivity contribution >= 4 is 23.2 Å². The number of anilines is 1. The van der Waals surface area contributed by atoms with Crippen LogP contribution in [0.3, 0.4) is 0 Å². The number of amides is 1. The molecule has 6 nitrogen and oxygen atoms in total. The lowest BCUT2D eigenvalue weighted by atomic mass is 10.1. The predicted molar refractivity (Wildman–Crippen MR) is 127 cm³/mol. The number of hydrogen-bond acceptors (Lipinski definition) is 3. The summed E-state index contributed by atoms with van der Waals surface area (Å²) in [5, 5.41) is 11.8. The second-order valence-electron chi connectivity index (χ2n) is 8.55. The van der Waals surface area contributed by atoms with E-state index in [2.05, 4.69) is 15.5 Å². The third kappa shape index (κ3) is 4.83. The Labute approximate surface area is 213 Å². The maximum absolute atomic E-state index is 14.1. The number of aromatic nitrogens is 4. The number of rotatable bonds is 6. The molecule has 2 aromatic heterocycles. The van der Waals surface area contributed by atoms with Crippen molar-refractivity contribution in [2.45, 2.75) is 40.8 Å². The minimum Gasteiger partial charge on any atom is -0.319 e. The van der Waals surface area contributed by atoms with E-state index in [1.807, 2.05) is 13.8 Å². The van der Waals surface area contributed by atoms with Crippen molar-refractivity contribution in [2.24, 2.45) is 0 Å². The maximum atomic E-state index is 14.1. The van der Waals surface area contributed by atoms with Crippen LogP contribution in [0.5, 0.6) is 0 Å². The van der Waals surface area contributed by atoms with Crippen LogP contribution in [0.4, 0.5) is 27.6 Å². The zero-order valence-electron chi connectivity index (χ0n) is 20.2. The van der Waals surface area contributed by atoms with E-state index < -0.39 is 47.1 Å². The van der Waals surface area contributed by atoms with E-state index >= 15 is 0 Å². The van der Waals surface area contributed by atoms with Crippen LogP contribution in [-0.4, -0.2) is 25.5 Å². The van der Waals surface area contributed by atoms with Crippen LogP contribution >= 0.6 is 11.6 Å². The highest BCUT2D eigenvalue weighted by atomic mass is 35.5. The summed E-state index contributed by atoms with van der Waals surface area (Å²) in [5.41, 5.74) is 2.58. The summed E-state index contributed by atoms with van der Waals surface area (Å²) < 4.78 is 71.6. The highest BCUT2D eigenvalue weighted by Crippen LogP contribution is 2.27. The van der Waals surface area contributed by atoms with E-state index in [0.717, 1.165) is 21.6 Å². The zero-order valence-corrected chi connectivity index (χ0v) is 20.9. The van der Waals surface area contributed by atoms with Gasteiger partial charge in [0.15, 0.2) is 23.3 Å². The minimum atomic E-state index is -2.23. The van der Waals surface area contributed by atoms with Gasteiger partial charge in [0.1, 0.15) is 0 Å². The van der Waals surface area contributed by atoms with Crippen molar-refractivity contribution < 1.29 is 26.7 Å². The molecule has 0 fully saturated rings. The summed E-state index contributed by atoms with van der Waals surface area (Å²) in [7, 11) is 0. The summed E-state index contributed by atoms with van der Waals surface area (Å²) in [6.45, 7) is 6.46. The fourth-order valence-electron chi connectivity index (χ4n) is 3.92. The predicted octanol–water partition coefficient (Wildman–Crippen LogP) is 6.01. The Morgan fingerprint density at radius 3 is 1.84 bits per heavy atom. The molecule has 4 aromatic rings. The number of hydrogen-bond donors (Lipinski definition) is 1. The van der Waals surface area contributed by atoms with Crippen molar-refractivity contribution in [1.82, 2.24) is 19.6 Å². The Hall–Kier alpha value is -3.73. The third-order valence-corrected chi connectivity index (χ3v) is 6.62. The Morgan fingerprint density at radius 2 is 1.30 bits per heavy atom. The molecule has 2 aromatic carbocycles. The molecule has 0 unspecified atom stereocenters. The second kappa shape index (κ2) is 9.97. The molecule has 1 amide bonds. The van der Waals surface area contributed by atoms with Crippen LogP contribution in [0.15, 0.2) is 24.3 Å². The first-order chi connectivity index (χ1) is 17.4. The van der Waals surface area contributed by atoms with Gasteiger partial charge in [-0.3, -0.25) is 14.2 Å². The monoisotopic (exact) mass is 537 g/mol. The molecule has 2 heterocycles. The van der Waals surface area contributed by atoms with Gasteiger partial charge in [0.25, 0.3) is 5.91 Å². The molecule has 0 aliphatic rings. The smallest absolute Gasteiger partial charge is 0.255 e. The molecule has 0 saturated carbocycles. The molecule has 194 valence electrons. The van der Waals surface area contributed by atoms with Crippen molar-refractivity contribution in [3.8, 4) is 0 Å². The summed E-state index contributed by atoms with van der Waals surface area (Å²) in [4.78, 5) is 12.8. The van der Waals surface area contributed by atoms with E-state index in [0.29, 0.717) is 22.8 Å². The lowest BCUT2D eigenvalue weighted by Gasteiger charge is -2.11. The molecular formula is C25H21ClF5N5O. The number of benzene rings is 2. The average Bonchev–Trinajstić information content (AvgIpc) is 3.28. The Bertz CT molecular complexity index is 1500. The first kappa shape index (κ1) is 26.3. The van der Waals surface area contributed by atoms with E-state index in [1.54, 1.807) is 35.9 Å². The number of aryl methyl sites for hydroxylation is 2. The summed E-state index contributed by atoms with van der Waals surface area (Å²) in [5.74, 6) is -10.6. The van der Waals surface area contributed by atoms with Gasteiger partial charge >= 0.3 is 0 Å². The summed E-state index contributed by atoms with van der Waals surface area (Å²) >= 11 is 6.19. The third-order valence-electron chi connectivity index (χ3n) is 6.07. The van der Waals surface area contributed by atoms with Crippen LogP contribution < -0.4 is 5.32 Å². The van der Waals surface area contributed by atoms with Crippen LogP contribution in [0.25, 0.3) is 0 Å². The quantitative estimate of drug-likeness (QED) is 0.186. The van der Waals surface area contributed by atoms with Gasteiger partial charge in [-0.05, 0) is 45.4 Å². The van der Waals surface area contributed by atoms with Crippen LogP contribution in [0.1, 0.15) is 44.3 Å². The van der Waals surface area contributed by atoms with E-state index in [4.69, 9.17) is 11.6 Å². The fraction of sp³-hybridized carbons (Fsp3) is 0.240. The summed E-state index contributed by atoms with van der Waals surface area (Å²) in [6.07, 6.45) is 0. The molecule has 0 aliphatic heterocycles. The van der Waals surface area contributed by atoms with Gasteiger partial charge in [0.2, 0.25) is 5.82 Å². The molecule has 0 aliphatic carbocycles. The number of nitrogens with zero attached hydrogens (tertiary/aromatic N) is 4. The molecular weight excluding hydrogens is 517 g/mol. The van der Waals surface area contributed by atoms with Crippen molar-refractivity contribution in [2.75, 3.05) is 5.32 Å². The molecule has 0 radical (unpaired) electrons. The SMILES string of the molecule is Cc1nn(Cc2ccc(C(=O)Nc3c(C)nn(Cc4c(F)c(F)c(F)c(F)c4F)c3C)cc2)c(C)c1Cl. The molecule has 12 heteroatoms. The van der Waals surface area contributed by atoms with Gasteiger partial charge in [0.05, 0.1) is 52.1 Å². The average molecular weight is 538 g/mol. The molecule has 0 bridgehead atoms. The molecule has 0 saturated heterocycles.